The van der Waals surface area contributed by atoms with Crippen LogP contribution in [0.5, 0.6) is 0 Å². The Morgan fingerprint density at radius 2 is 2.33 bits per heavy atom. The fourth-order valence-corrected chi connectivity index (χ4v) is 1.49. The van der Waals surface area contributed by atoms with Gasteiger partial charge in [-0.2, -0.15) is 0 Å². The molecule has 0 radical (unpaired) electrons. The Balaban J connectivity index is 3.14. The van der Waals surface area contributed by atoms with E-state index in [1.165, 1.54) is 13.2 Å². The number of halogens is 2. The molecule has 0 fully saturated rings. The monoisotopic (exact) mass is 248 g/mol. The van der Waals surface area contributed by atoms with Crippen molar-refractivity contribution in [2.45, 2.75) is 0 Å². The van der Waals surface area contributed by atoms with Crippen molar-refractivity contribution in [3.63, 3.8) is 0 Å². The van der Waals surface area contributed by atoms with E-state index in [9.17, 15) is 4.79 Å². The predicted molar refractivity (Wildman–Crippen MR) is 59.0 cm³/mol. The summed E-state index contributed by atoms with van der Waals surface area (Å²) < 4.78 is 4.75. The van der Waals surface area contributed by atoms with Gasteiger partial charge in [0.2, 0.25) is 0 Å². The molecule has 0 saturated heterocycles. The normalized spacial score (nSPS) is 9.80. The van der Waals surface area contributed by atoms with E-state index in [0.717, 1.165) is 0 Å². The van der Waals surface area contributed by atoms with E-state index < -0.39 is 5.97 Å². The van der Waals surface area contributed by atoms with Gasteiger partial charge in [0.25, 0.3) is 0 Å². The van der Waals surface area contributed by atoms with Gasteiger partial charge in [-0.3, -0.25) is 0 Å². The second-order valence-electron chi connectivity index (χ2n) is 2.57. The molecular formula is C7H7BCl2N2O3. The van der Waals surface area contributed by atoms with Crippen molar-refractivity contribution in [2.24, 2.45) is 0 Å². The molecule has 2 N–H and O–H groups in total. The minimum Gasteiger partial charge on any atom is -0.478 e. The molecule has 0 aliphatic rings. The third-order valence-electron chi connectivity index (χ3n) is 1.56. The molecule has 1 aromatic rings. The lowest BCUT2D eigenvalue weighted by atomic mass is 10.1. The number of nitrogens with one attached hydrogen (secondary N) is 1. The molecule has 0 spiro atoms. The lowest BCUT2D eigenvalue weighted by Gasteiger charge is -2.08. The molecule has 5 nitrogen and oxygen atoms in total. The summed E-state index contributed by atoms with van der Waals surface area (Å²) in [7, 11) is 1.62. The van der Waals surface area contributed by atoms with Crippen LogP contribution >= 0.6 is 23.2 Å². The van der Waals surface area contributed by atoms with E-state index in [-0.39, 0.29) is 29.2 Å². The van der Waals surface area contributed by atoms with Gasteiger partial charge < -0.3 is 15.0 Å². The first-order chi connectivity index (χ1) is 7.06. The third kappa shape index (κ3) is 2.99. The second-order valence-corrected chi connectivity index (χ2v) is 3.32. The number of carboxylic acids is 1. The van der Waals surface area contributed by atoms with Crippen LogP contribution in [-0.2, 0) is 4.65 Å². The number of pyridine rings is 1. The van der Waals surface area contributed by atoms with Crippen molar-refractivity contribution in [3.8, 4) is 0 Å². The molecule has 0 aliphatic heterocycles. The number of carbonyl (C=O) groups is 1. The Labute approximate surface area is 96.7 Å². The van der Waals surface area contributed by atoms with Crippen LogP contribution in [0.4, 0.5) is 5.69 Å². The van der Waals surface area contributed by atoms with Gasteiger partial charge >= 0.3 is 13.6 Å². The van der Waals surface area contributed by atoms with Crippen molar-refractivity contribution in [3.05, 3.63) is 21.9 Å². The summed E-state index contributed by atoms with van der Waals surface area (Å²) in [6, 6.07) is 1.37. The van der Waals surface area contributed by atoms with E-state index in [1.807, 2.05) is 0 Å². The molecule has 0 bridgehead atoms. The number of rotatable bonds is 4. The third-order valence-corrected chi connectivity index (χ3v) is 2.03. The number of anilines is 1. The smallest absolute Gasteiger partial charge is 0.393 e. The SMILES string of the molecule is COBNc1cc(Cl)nc(Cl)c1C(=O)O. The minimum absolute atomic E-state index is 0.114. The first kappa shape index (κ1) is 12.1. The van der Waals surface area contributed by atoms with Gasteiger partial charge in [0.15, 0.2) is 0 Å². The van der Waals surface area contributed by atoms with Crippen LogP contribution in [0.15, 0.2) is 6.07 Å². The van der Waals surface area contributed by atoms with Crippen LogP contribution in [0, 0.1) is 0 Å². The molecule has 0 atom stereocenters. The Bertz CT molecular complexity index is 389. The first-order valence-corrected chi connectivity index (χ1v) is 4.64. The van der Waals surface area contributed by atoms with Crippen LogP contribution in [0.25, 0.3) is 0 Å². The lowest BCUT2D eigenvalue weighted by Crippen LogP contribution is -2.13. The molecule has 80 valence electrons. The number of hydrogen-bond donors (Lipinski definition) is 2. The van der Waals surface area contributed by atoms with E-state index in [0.29, 0.717) is 0 Å². The highest BCUT2D eigenvalue weighted by Crippen LogP contribution is 2.25. The standard InChI is InChI=1S/C7H7BCl2N2O3/c1-15-8-12-3-2-4(9)11-6(10)5(3)7(13)14/h2,8H,1H3,(H,11,12)(H,13,14). The molecule has 0 amide bonds. The summed E-state index contributed by atoms with van der Waals surface area (Å²) in [4.78, 5) is 14.5. The topological polar surface area (TPSA) is 71.5 Å². The summed E-state index contributed by atoms with van der Waals surface area (Å²) in [5.74, 6) is -1.18. The molecular weight excluding hydrogens is 242 g/mol. The van der Waals surface area contributed by atoms with Crippen molar-refractivity contribution in [2.75, 3.05) is 12.3 Å². The fourth-order valence-electron chi connectivity index (χ4n) is 0.977. The predicted octanol–water partition coefficient (Wildman–Crippen LogP) is 1.41. The van der Waals surface area contributed by atoms with Gasteiger partial charge in [0.1, 0.15) is 15.9 Å². The van der Waals surface area contributed by atoms with Gasteiger partial charge in [-0.25, -0.2) is 9.78 Å². The highest BCUT2D eigenvalue weighted by Gasteiger charge is 2.17. The average Bonchev–Trinajstić information content (AvgIpc) is 2.12. The molecule has 1 heterocycles. The van der Waals surface area contributed by atoms with Gasteiger partial charge in [0, 0.05) is 12.8 Å². The maximum Gasteiger partial charge on any atom is 0.393 e. The summed E-state index contributed by atoms with van der Waals surface area (Å²) in [5, 5.41) is 11.6. The quantitative estimate of drug-likeness (QED) is 0.623. The number of carboxylic acid groups (broad SMARTS) is 1. The van der Waals surface area contributed by atoms with Gasteiger partial charge in [-0.15, -0.1) is 0 Å². The zero-order valence-corrected chi connectivity index (χ0v) is 9.26. The second kappa shape index (κ2) is 5.20. The van der Waals surface area contributed by atoms with Crippen molar-refractivity contribution in [1.29, 1.82) is 0 Å². The van der Waals surface area contributed by atoms with Crippen LogP contribution in [0.1, 0.15) is 10.4 Å². The number of hydrogen-bond acceptors (Lipinski definition) is 4. The molecule has 0 unspecified atom stereocenters. The van der Waals surface area contributed by atoms with Crippen LogP contribution in [0.3, 0.4) is 0 Å². The van der Waals surface area contributed by atoms with Gasteiger partial charge in [-0.1, -0.05) is 23.2 Å². The van der Waals surface area contributed by atoms with Crippen LogP contribution in [-0.4, -0.2) is 30.8 Å². The largest absolute Gasteiger partial charge is 0.478 e. The zero-order chi connectivity index (χ0) is 11.4. The van der Waals surface area contributed by atoms with E-state index >= 15 is 0 Å². The molecule has 8 heteroatoms. The zero-order valence-electron chi connectivity index (χ0n) is 7.75. The maximum atomic E-state index is 10.9. The van der Waals surface area contributed by atoms with Crippen molar-refractivity contribution in [1.82, 2.24) is 4.98 Å². The fraction of sp³-hybridized carbons (Fsp3) is 0.143. The summed E-state index contributed by atoms with van der Waals surface area (Å²) in [5.41, 5.74) is 0.146. The maximum absolute atomic E-state index is 10.9. The molecule has 1 aromatic heterocycles. The van der Waals surface area contributed by atoms with E-state index in [2.05, 4.69) is 10.2 Å². The minimum atomic E-state index is -1.18. The van der Waals surface area contributed by atoms with E-state index in [4.69, 9.17) is 33.0 Å². The van der Waals surface area contributed by atoms with Crippen LogP contribution < -0.4 is 5.23 Å². The van der Waals surface area contributed by atoms with Crippen molar-refractivity contribution < 1.29 is 14.6 Å². The number of aromatic carboxylic acids is 1. The Hall–Kier alpha value is -0.975. The van der Waals surface area contributed by atoms with Gasteiger partial charge in [-0.05, 0) is 6.07 Å². The number of aromatic nitrogens is 1. The molecule has 0 aliphatic carbocycles. The average molecular weight is 249 g/mol. The summed E-state index contributed by atoms with van der Waals surface area (Å²) >= 11 is 11.3. The highest BCUT2D eigenvalue weighted by molar-refractivity contribution is 6.37. The molecule has 1 rings (SSSR count). The molecule has 0 aromatic carbocycles. The molecule has 0 saturated carbocycles. The summed E-state index contributed by atoms with van der Waals surface area (Å²) in [6.07, 6.45) is 0. The first-order valence-electron chi connectivity index (χ1n) is 3.88. The number of nitrogens with zero attached hydrogens (tertiary/aromatic N) is 1. The Morgan fingerprint density at radius 1 is 1.67 bits per heavy atom. The van der Waals surface area contributed by atoms with Crippen LogP contribution in [0.2, 0.25) is 10.3 Å². The van der Waals surface area contributed by atoms with Gasteiger partial charge in [0.05, 0.1) is 0 Å². The Morgan fingerprint density at radius 3 is 2.87 bits per heavy atom. The molecule has 15 heavy (non-hydrogen) atoms. The van der Waals surface area contributed by atoms with Crippen molar-refractivity contribution >= 4 is 42.5 Å². The highest BCUT2D eigenvalue weighted by atomic mass is 35.5. The lowest BCUT2D eigenvalue weighted by molar-refractivity contribution is 0.0698. The Kier molecular flexibility index (Phi) is 4.20. The van der Waals surface area contributed by atoms with E-state index in [1.54, 1.807) is 0 Å². The summed E-state index contributed by atoms with van der Waals surface area (Å²) in [6.45, 7) is 0.